The fourth-order valence-electron chi connectivity index (χ4n) is 5.08. The molecule has 0 aliphatic heterocycles. The lowest BCUT2D eigenvalue weighted by atomic mass is 9.67. The van der Waals surface area contributed by atoms with E-state index < -0.39 is 17.2 Å². The molecule has 0 radical (unpaired) electrons. The number of aromatic hydroxyl groups is 1. The molecule has 8 nitrogen and oxygen atoms in total. The second-order valence-electron chi connectivity index (χ2n) is 10.1. The van der Waals surface area contributed by atoms with E-state index in [1.807, 2.05) is 74.5 Å². The van der Waals surface area contributed by atoms with E-state index in [0.717, 1.165) is 11.1 Å². The summed E-state index contributed by atoms with van der Waals surface area (Å²) >= 11 is 0. The van der Waals surface area contributed by atoms with Gasteiger partial charge in [-0.1, -0.05) is 60.7 Å². The van der Waals surface area contributed by atoms with Crippen molar-refractivity contribution in [3.05, 3.63) is 83.3 Å². The molecule has 8 heteroatoms. The number of ether oxygens (including phenoxy) is 1. The van der Waals surface area contributed by atoms with E-state index in [4.69, 9.17) is 4.74 Å². The van der Waals surface area contributed by atoms with Crippen LogP contribution in [0.25, 0.3) is 0 Å². The monoisotopic (exact) mass is 517 g/mol. The van der Waals surface area contributed by atoms with Crippen molar-refractivity contribution < 1.29 is 24.5 Å². The Bertz CT molecular complexity index is 1240. The van der Waals surface area contributed by atoms with Crippen LogP contribution in [-0.2, 0) is 23.2 Å². The minimum absolute atomic E-state index is 0.0410. The topological polar surface area (TPSA) is 113 Å². The average molecular weight is 518 g/mol. The number of Topliss-reactive ketones (excluding diaryl/α,β-unsaturated/α-hetero) is 1. The Hall–Kier alpha value is -3.78. The third kappa shape index (κ3) is 6.19. The first kappa shape index (κ1) is 27.3. The van der Waals surface area contributed by atoms with E-state index in [-0.39, 0.29) is 43.0 Å². The van der Waals surface area contributed by atoms with Gasteiger partial charge in [-0.3, -0.25) is 9.59 Å². The summed E-state index contributed by atoms with van der Waals surface area (Å²) in [6.07, 6.45) is 2.56. The molecule has 3 aromatic rings. The standard InChI is InChI=1S/C30H35N3O5/c1-21(2)33(17-18-34)29(37)26-27(38-20-22-9-5-3-6-10-22)28(36)32-25(31-26)19-30(15-13-24(35)14-16-30)23-11-7-4-8-12-23/h3-12,21,34H,13-20H2,1-2H3,(H,31,32,36). The zero-order valence-electron chi connectivity index (χ0n) is 22.0. The molecule has 0 saturated heterocycles. The Morgan fingerprint density at radius 1 is 1.03 bits per heavy atom. The second kappa shape index (κ2) is 12.2. The summed E-state index contributed by atoms with van der Waals surface area (Å²) in [5.74, 6) is -0.402. The Kier molecular flexibility index (Phi) is 8.73. The maximum atomic E-state index is 13.7. The minimum Gasteiger partial charge on any atom is -0.491 e. The number of aliphatic hydroxyl groups excluding tert-OH is 1. The number of amides is 1. The lowest BCUT2D eigenvalue weighted by molar-refractivity contribution is -0.121. The number of nitrogens with zero attached hydrogens (tertiary/aromatic N) is 3. The minimum atomic E-state index is -0.455. The number of rotatable bonds is 10. The molecule has 4 rings (SSSR count). The highest BCUT2D eigenvalue weighted by atomic mass is 16.5. The van der Waals surface area contributed by atoms with Crippen LogP contribution >= 0.6 is 0 Å². The number of carbonyl (C=O) groups is 2. The number of carbonyl (C=O) groups excluding carboxylic acids is 2. The number of aliphatic hydroxyl groups is 1. The van der Waals surface area contributed by atoms with Gasteiger partial charge in [0.15, 0.2) is 5.69 Å². The van der Waals surface area contributed by atoms with Gasteiger partial charge < -0.3 is 19.8 Å². The zero-order chi connectivity index (χ0) is 27.1. The SMILES string of the molecule is CC(C)N(CCO)C(=O)c1nc(CC2(c3ccccc3)CCC(=O)CC2)nc(O)c1OCc1ccccc1. The molecule has 1 heterocycles. The molecule has 200 valence electrons. The van der Waals surface area contributed by atoms with E-state index in [9.17, 15) is 19.8 Å². The van der Waals surface area contributed by atoms with Crippen molar-refractivity contribution in [2.75, 3.05) is 13.2 Å². The summed E-state index contributed by atoms with van der Waals surface area (Å²) in [5, 5.41) is 20.6. The van der Waals surface area contributed by atoms with Crippen molar-refractivity contribution >= 4 is 11.7 Å². The number of hydrogen-bond donors (Lipinski definition) is 2. The van der Waals surface area contributed by atoms with Crippen molar-refractivity contribution in [3.8, 4) is 11.6 Å². The van der Waals surface area contributed by atoms with Crippen molar-refractivity contribution in [3.63, 3.8) is 0 Å². The number of benzene rings is 2. The normalized spacial score (nSPS) is 14.9. The quantitative estimate of drug-likeness (QED) is 0.414. The van der Waals surface area contributed by atoms with Gasteiger partial charge in [-0.15, -0.1) is 0 Å². The van der Waals surface area contributed by atoms with Gasteiger partial charge in [0.25, 0.3) is 11.8 Å². The van der Waals surface area contributed by atoms with Crippen LogP contribution < -0.4 is 4.74 Å². The highest BCUT2D eigenvalue weighted by Crippen LogP contribution is 2.41. The first-order chi connectivity index (χ1) is 18.3. The maximum Gasteiger partial charge on any atom is 0.276 e. The predicted molar refractivity (Wildman–Crippen MR) is 143 cm³/mol. The molecule has 1 aromatic heterocycles. The van der Waals surface area contributed by atoms with Gasteiger partial charge in [-0.05, 0) is 37.8 Å². The Labute approximate surface area is 223 Å². The molecule has 1 amide bonds. The van der Waals surface area contributed by atoms with E-state index in [0.29, 0.717) is 37.9 Å². The van der Waals surface area contributed by atoms with Crippen molar-refractivity contribution in [2.24, 2.45) is 0 Å². The van der Waals surface area contributed by atoms with Gasteiger partial charge in [0.05, 0.1) is 6.61 Å². The van der Waals surface area contributed by atoms with Crippen LogP contribution in [0.5, 0.6) is 11.6 Å². The lowest BCUT2D eigenvalue weighted by Crippen LogP contribution is -2.40. The molecule has 38 heavy (non-hydrogen) atoms. The summed E-state index contributed by atoms with van der Waals surface area (Å²) in [4.78, 5) is 36.3. The van der Waals surface area contributed by atoms with Gasteiger partial charge in [0.2, 0.25) is 5.75 Å². The molecule has 1 saturated carbocycles. The van der Waals surface area contributed by atoms with Crippen LogP contribution in [-0.4, -0.2) is 56.0 Å². The molecule has 0 atom stereocenters. The molecule has 0 bridgehead atoms. The summed E-state index contributed by atoms with van der Waals surface area (Å²) in [7, 11) is 0. The zero-order valence-corrected chi connectivity index (χ0v) is 22.0. The molecular formula is C30H35N3O5. The number of ketones is 1. The largest absolute Gasteiger partial charge is 0.491 e. The molecular weight excluding hydrogens is 482 g/mol. The van der Waals surface area contributed by atoms with Crippen LogP contribution in [0.4, 0.5) is 0 Å². The van der Waals surface area contributed by atoms with Crippen LogP contribution in [0.15, 0.2) is 60.7 Å². The molecule has 0 unspecified atom stereocenters. The van der Waals surface area contributed by atoms with Crippen LogP contribution in [0.2, 0.25) is 0 Å². The fraction of sp³-hybridized carbons (Fsp3) is 0.400. The fourth-order valence-corrected chi connectivity index (χ4v) is 5.08. The van der Waals surface area contributed by atoms with E-state index in [1.54, 1.807) is 0 Å². The lowest BCUT2D eigenvalue weighted by Gasteiger charge is -2.37. The van der Waals surface area contributed by atoms with E-state index in [2.05, 4.69) is 9.97 Å². The predicted octanol–water partition coefficient (Wildman–Crippen LogP) is 4.23. The van der Waals surface area contributed by atoms with Crippen molar-refractivity contribution in [1.82, 2.24) is 14.9 Å². The summed E-state index contributed by atoms with van der Waals surface area (Å²) in [5.41, 5.74) is 1.51. The first-order valence-electron chi connectivity index (χ1n) is 13.1. The number of hydrogen-bond acceptors (Lipinski definition) is 7. The average Bonchev–Trinajstić information content (AvgIpc) is 2.93. The molecule has 2 N–H and O–H groups in total. The van der Waals surface area contributed by atoms with Crippen molar-refractivity contribution in [1.29, 1.82) is 0 Å². The molecule has 2 aromatic carbocycles. The van der Waals surface area contributed by atoms with Gasteiger partial charge in [-0.25, -0.2) is 4.98 Å². The van der Waals surface area contributed by atoms with Gasteiger partial charge in [0.1, 0.15) is 18.2 Å². The Morgan fingerprint density at radius 3 is 2.26 bits per heavy atom. The summed E-state index contributed by atoms with van der Waals surface area (Å²) < 4.78 is 5.92. The van der Waals surface area contributed by atoms with Gasteiger partial charge in [0, 0.05) is 37.3 Å². The highest BCUT2D eigenvalue weighted by Gasteiger charge is 2.38. The third-order valence-corrected chi connectivity index (χ3v) is 7.20. The maximum absolute atomic E-state index is 13.7. The van der Waals surface area contributed by atoms with Crippen LogP contribution in [0.1, 0.15) is 67.0 Å². The Balaban J connectivity index is 1.74. The van der Waals surface area contributed by atoms with Gasteiger partial charge >= 0.3 is 0 Å². The smallest absolute Gasteiger partial charge is 0.276 e. The summed E-state index contributed by atoms with van der Waals surface area (Å²) in [6, 6.07) is 19.2. The molecule has 1 fully saturated rings. The highest BCUT2D eigenvalue weighted by molar-refractivity contribution is 5.95. The summed E-state index contributed by atoms with van der Waals surface area (Å²) in [6.45, 7) is 3.73. The second-order valence-corrected chi connectivity index (χ2v) is 10.1. The van der Waals surface area contributed by atoms with Crippen molar-refractivity contribution in [2.45, 2.75) is 64.0 Å². The van der Waals surface area contributed by atoms with Crippen LogP contribution in [0.3, 0.4) is 0 Å². The molecule has 0 spiro atoms. The first-order valence-corrected chi connectivity index (χ1v) is 13.1. The Morgan fingerprint density at radius 2 is 1.66 bits per heavy atom. The third-order valence-electron chi connectivity index (χ3n) is 7.20. The van der Waals surface area contributed by atoms with E-state index in [1.165, 1.54) is 4.90 Å². The van der Waals surface area contributed by atoms with E-state index >= 15 is 0 Å². The molecule has 1 aliphatic rings. The molecule has 1 aliphatic carbocycles. The van der Waals surface area contributed by atoms with Gasteiger partial charge in [-0.2, -0.15) is 4.98 Å². The van der Waals surface area contributed by atoms with Crippen LogP contribution in [0, 0.1) is 0 Å². The number of aromatic nitrogens is 2.